The molecule has 1 aromatic rings. The largest absolute Gasteiger partial charge is 0.480 e. The fourth-order valence-corrected chi connectivity index (χ4v) is 1.01. The molecule has 0 aromatic carbocycles. The Morgan fingerprint density at radius 2 is 2.31 bits per heavy atom. The molecule has 0 aliphatic rings. The Balaban J connectivity index is 2.69. The molecule has 1 heterocycles. The molecule has 0 spiro atoms. The van der Waals surface area contributed by atoms with Crippen LogP contribution in [-0.2, 0) is 11.2 Å². The standard InChI is InChI=1S/C8H13N3O2/c1-4-5(2)11-7(10-4)3-6(9)8(12)13/h6H,3,9H2,1-2H3,(H,10,11)(H,12,13). The highest BCUT2D eigenvalue weighted by Gasteiger charge is 2.14. The van der Waals surface area contributed by atoms with Crippen LogP contribution in [0.25, 0.3) is 0 Å². The summed E-state index contributed by atoms with van der Waals surface area (Å²) in [6.07, 6.45) is 0.240. The first-order valence-electron chi connectivity index (χ1n) is 4.01. The number of nitrogens with one attached hydrogen (secondary N) is 1. The second-order valence-corrected chi connectivity index (χ2v) is 3.04. The summed E-state index contributed by atoms with van der Waals surface area (Å²) in [5.74, 6) is -0.378. The van der Waals surface area contributed by atoms with Gasteiger partial charge in [0.15, 0.2) is 0 Å². The minimum atomic E-state index is -1.01. The lowest BCUT2D eigenvalue weighted by Crippen LogP contribution is -2.32. The van der Waals surface area contributed by atoms with Crippen LogP contribution in [0.3, 0.4) is 0 Å². The summed E-state index contributed by atoms with van der Waals surface area (Å²) in [5, 5.41) is 8.55. The third kappa shape index (κ3) is 2.29. The van der Waals surface area contributed by atoms with Gasteiger partial charge in [0, 0.05) is 12.1 Å². The lowest BCUT2D eigenvalue weighted by molar-refractivity contribution is -0.138. The van der Waals surface area contributed by atoms with Crippen molar-refractivity contribution in [3.63, 3.8) is 0 Å². The quantitative estimate of drug-likeness (QED) is 0.614. The molecule has 0 saturated heterocycles. The van der Waals surface area contributed by atoms with E-state index in [1.54, 1.807) is 0 Å². The zero-order valence-electron chi connectivity index (χ0n) is 7.66. The molecule has 0 aliphatic carbocycles. The molecular weight excluding hydrogens is 170 g/mol. The van der Waals surface area contributed by atoms with Gasteiger partial charge in [0.2, 0.25) is 0 Å². The number of aromatic nitrogens is 2. The molecule has 0 amide bonds. The maximum Gasteiger partial charge on any atom is 0.320 e. The lowest BCUT2D eigenvalue weighted by atomic mass is 10.2. The molecule has 4 N–H and O–H groups in total. The Bertz CT molecular complexity index is 300. The van der Waals surface area contributed by atoms with Crippen molar-refractivity contribution in [2.45, 2.75) is 26.3 Å². The van der Waals surface area contributed by atoms with E-state index in [1.165, 1.54) is 0 Å². The normalized spacial score (nSPS) is 12.8. The minimum absolute atomic E-state index is 0.240. The monoisotopic (exact) mass is 183 g/mol. The number of carboxylic acids is 1. The predicted molar refractivity (Wildman–Crippen MR) is 47.4 cm³/mol. The summed E-state index contributed by atoms with van der Waals surface area (Å²) < 4.78 is 0. The number of hydrogen-bond donors (Lipinski definition) is 3. The first kappa shape index (κ1) is 9.73. The van der Waals surface area contributed by atoms with Crippen LogP contribution in [-0.4, -0.2) is 27.1 Å². The first-order valence-corrected chi connectivity index (χ1v) is 4.01. The molecule has 13 heavy (non-hydrogen) atoms. The molecule has 72 valence electrons. The molecule has 5 heteroatoms. The average Bonchev–Trinajstić information content (AvgIpc) is 2.31. The summed E-state index contributed by atoms with van der Waals surface area (Å²) >= 11 is 0. The van der Waals surface area contributed by atoms with E-state index in [9.17, 15) is 4.79 Å². The van der Waals surface area contributed by atoms with Crippen LogP contribution < -0.4 is 5.73 Å². The smallest absolute Gasteiger partial charge is 0.320 e. The molecular formula is C8H13N3O2. The van der Waals surface area contributed by atoms with Gasteiger partial charge in [0.1, 0.15) is 11.9 Å². The molecule has 0 fully saturated rings. The molecule has 5 nitrogen and oxygen atoms in total. The fourth-order valence-electron chi connectivity index (χ4n) is 1.01. The van der Waals surface area contributed by atoms with Crippen molar-refractivity contribution >= 4 is 5.97 Å². The van der Waals surface area contributed by atoms with Gasteiger partial charge in [-0.1, -0.05) is 0 Å². The van der Waals surface area contributed by atoms with Gasteiger partial charge in [-0.05, 0) is 13.8 Å². The minimum Gasteiger partial charge on any atom is -0.480 e. The van der Waals surface area contributed by atoms with Crippen LogP contribution in [0, 0.1) is 13.8 Å². The Morgan fingerprint density at radius 3 is 2.69 bits per heavy atom. The number of nitrogens with zero attached hydrogens (tertiary/aromatic N) is 1. The number of aryl methyl sites for hydroxylation is 2. The topological polar surface area (TPSA) is 92.0 Å². The molecule has 1 rings (SSSR count). The maximum atomic E-state index is 10.4. The molecule has 1 aromatic heterocycles. The summed E-state index contributed by atoms with van der Waals surface area (Å²) in [6.45, 7) is 3.75. The second-order valence-electron chi connectivity index (χ2n) is 3.04. The van der Waals surface area contributed by atoms with Crippen LogP contribution in [0.1, 0.15) is 17.2 Å². The lowest BCUT2D eigenvalue weighted by Gasteiger charge is -2.02. The van der Waals surface area contributed by atoms with E-state index >= 15 is 0 Å². The zero-order valence-corrected chi connectivity index (χ0v) is 7.66. The van der Waals surface area contributed by atoms with Gasteiger partial charge >= 0.3 is 5.97 Å². The van der Waals surface area contributed by atoms with Crippen molar-refractivity contribution < 1.29 is 9.90 Å². The third-order valence-corrected chi connectivity index (χ3v) is 1.91. The number of rotatable bonds is 3. The maximum absolute atomic E-state index is 10.4. The molecule has 0 aliphatic heterocycles. The Labute approximate surface area is 76.0 Å². The van der Waals surface area contributed by atoms with Crippen molar-refractivity contribution in [3.8, 4) is 0 Å². The van der Waals surface area contributed by atoms with Crippen molar-refractivity contribution in [2.75, 3.05) is 0 Å². The van der Waals surface area contributed by atoms with E-state index in [0.29, 0.717) is 5.82 Å². The summed E-state index contributed by atoms with van der Waals surface area (Å²) in [6, 6.07) is -0.884. The highest BCUT2D eigenvalue weighted by atomic mass is 16.4. The van der Waals surface area contributed by atoms with Crippen molar-refractivity contribution in [1.82, 2.24) is 9.97 Å². The van der Waals surface area contributed by atoms with Gasteiger partial charge in [-0.15, -0.1) is 0 Å². The summed E-state index contributed by atoms with van der Waals surface area (Å²) in [7, 11) is 0. The van der Waals surface area contributed by atoms with Crippen LogP contribution in [0.2, 0.25) is 0 Å². The highest BCUT2D eigenvalue weighted by molar-refractivity contribution is 5.73. The van der Waals surface area contributed by atoms with E-state index < -0.39 is 12.0 Å². The van der Waals surface area contributed by atoms with Gasteiger partial charge in [0.05, 0.1) is 5.69 Å². The number of imidazole rings is 1. The molecule has 1 atom stereocenters. The van der Waals surface area contributed by atoms with Gasteiger partial charge in [0.25, 0.3) is 0 Å². The van der Waals surface area contributed by atoms with Gasteiger partial charge < -0.3 is 15.8 Å². The number of aliphatic carboxylic acids is 1. The van der Waals surface area contributed by atoms with E-state index in [0.717, 1.165) is 11.4 Å². The van der Waals surface area contributed by atoms with Crippen molar-refractivity contribution in [1.29, 1.82) is 0 Å². The number of aromatic amines is 1. The van der Waals surface area contributed by atoms with Crippen molar-refractivity contribution in [3.05, 3.63) is 17.2 Å². The van der Waals surface area contributed by atoms with E-state index in [2.05, 4.69) is 9.97 Å². The summed E-state index contributed by atoms with van der Waals surface area (Å²) in [4.78, 5) is 17.5. The number of nitrogens with two attached hydrogens (primary N) is 1. The average molecular weight is 183 g/mol. The Hall–Kier alpha value is -1.36. The number of carbonyl (C=O) groups is 1. The van der Waals surface area contributed by atoms with Gasteiger partial charge in [-0.3, -0.25) is 4.79 Å². The highest BCUT2D eigenvalue weighted by Crippen LogP contribution is 2.04. The fraction of sp³-hybridized carbons (Fsp3) is 0.500. The van der Waals surface area contributed by atoms with Crippen molar-refractivity contribution in [2.24, 2.45) is 5.73 Å². The number of carboxylic acid groups (broad SMARTS) is 1. The SMILES string of the molecule is Cc1nc(CC(N)C(=O)O)[nH]c1C. The molecule has 0 bridgehead atoms. The molecule has 0 radical (unpaired) electrons. The third-order valence-electron chi connectivity index (χ3n) is 1.91. The Morgan fingerprint density at radius 1 is 1.69 bits per heavy atom. The van der Waals surface area contributed by atoms with Crippen LogP contribution in [0.15, 0.2) is 0 Å². The number of H-pyrrole nitrogens is 1. The van der Waals surface area contributed by atoms with Gasteiger partial charge in [-0.25, -0.2) is 4.98 Å². The molecule has 1 unspecified atom stereocenters. The predicted octanol–water partition coefficient (Wildman–Crippen LogP) is -0.0191. The molecule has 0 saturated carbocycles. The van der Waals surface area contributed by atoms with E-state index in [1.807, 2.05) is 13.8 Å². The Kier molecular flexibility index (Phi) is 2.67. The van der Waals surface area contributed by atoms with Crippen LogP contribution in [0.4, 0.5) is 0 Å². The number of hydrogen-bond acceptors (Lipinski definition) is 3. The first-order chi connectivity index (χ1) is 6.00. The zero-order chi connectivity index (χ0) is 10.0. The van der Waals surface area contributed by atoms with Gasteiger partial charge in [-0.2, -0.15) is 0 Å². The summed E-state index contributed by atoms with van der Waals surface area (Å²) in [5.41, 5.74) is 7.18. The van der Waals surface area contributed by atoms with E-state index in [-0.39, 0.29) is 6.42 Å². The van der Waals surface area contributed by atoms with E-state index in [4.69, 9.17) is 10.8 Å². The second kappa shape index (κ2) is 3.57. The van der Waals surface area contributed by atoms with Crippen LogP contribution in [0.5, 0.6) is 0 Å². The van der Waals surface area contributed by atoms with Crippen LogP contribution >= 0.6 is 0 Å².